The van der Waals surface area contributed by atoms with E-state index in [2.05, 4.69) is 0 Å². The average Bonchev–Trinajstić information content (AvgIpc) is 2.91. The standard InChI is InChI=1S/C28H26O9/c1-33-21-11-10-16(26(35-3)27(21)36-4)17(12-23(32)34-2)24-18(29)13-19(30)25-20(31)14-22(37-28(24)25)15-8-6-5-7-9-15/h5-11,13-14,17,29-30H,12H2,1-4H3. The molecule has 4 aromatic rings. The molecular weight excluding hydrogens is 480 g/mol. The maximum atomic E-state index is 13.1. The average molecular weight is 507 g/mol. The van der Waals surface area contributed by atoms with Gasteiger partial charge in [-0.1, -0.05) is 36.4 Å². The lowest BCUT2D eigenvalue weighted by molar-refractivity contribution is -0.140. The van der Waals surface area contributed by atoms with E-state index in [9.17, 15) is 19.8 Å². The zero-order chi connectivity index (χ0) is 26.7. The molecule has 1 unspecified atom stereocenters. The fourth-order valence-corrected chi connectivity index (χ4v) is 4.42. The van der Waals surface area contributed by atoms with Crippen LogP contribution in [-0.4, -0.2) is 44.6 Å². The third-order valence-corrected chi connectivity index (χ3v) is 6.11. The molecule has 3 aromatic carbocycles. The molecule has 0 saturated carbocycles. The summed E-state index contributed by atoms with van der Waals surface area (Å²) in [6.45, 7) is 0. The number of phenolic OH excluding ortho intramolecular Hbond substituents is 2. The van der Waals surface area contributed by atoms with Crippen LogP contribution in [0.5, 0.6) is 28.7 Å². The molecule has 0 aliphatic heterocycles. The Labute approximate surface area is 212 Å². The van der Waals surface area contributed by atoms with E-state index in [0.717, 1.165) is 6.07 Å². The summed E-state index contributed by atoms with van der Waals surface area (Å²) in [7, 11) is 5.59. The van der Waals surface area contributed by atoms with Gasteiger partial charge < -0.3 is 33.6 Å². The summed E-state index contributed by atoms with van der Waals surface area (Å²) in [6, 6.07) is 14.5. The first-order valence-corrected chi connectivity index (χ1v) is 11.3. The Hall–Kier alpha value is -4.66. The van der Waals surface area contributed by atoms with Crippen LogP contribution in [0.25, 0.3) is 22.3 Å². The highest BCUT2D eigenvalue weighted by Crippen LogP contribution is 2.49. The van der Waals surface area contributed by atoms with Crippen molar-refractivity contribution >= 4 is 16.9 Å². The maximum absolute atomic E-state index is 13.1. The Morgan fingerprint density at radius 3 is 2.22 bits per heavy atom. The summed E-state index contributed by atoms with van der Waals surface area (Å²) in [5.74, 6) is -1.24. The number of fused-ring (bicyclic) bond motifs is 1. The van der Waals surface area contributed by atoms with Crippen molar-refractivity contribution < 1.29 is 38.4 Å². The zero-order valence-electron chi connectivity index (χ0n) is 20.7. The Morgan fingerprint density at radius 1 is 0.892 bits per heavy atom. The number of carbonyl (C=O) groups is 1. The number of ether oxygens (including phenoxy) is 4. The van der Waals surface area contributed by atoms with Gasteiger partial charge in [0.05, 0.1) is 34.9 Å². The van der Waals surface area contributed by atoms with Crippen molar-refractivity contribution in [1.82, 2.24) is 0 Å². The van der Waals surface area contributed by atoms with Gasteiger partial charge in [-0.2, -0.15) is 0 Å². The Morgan fingerprint density at radius 2 is 1.59 bits per heavy atom. The molecule has 37 heavy (non-hydrogen) atoms. The van der Waals surface area contributed by atoms with Gasteiger partial charge in [-0.25, -0.2) is 0 Å². The summed E-state index contributed by atoms with van der Waals surface area (Å²) in [6.07, 6.45) is -0.255. The van der Waals surface area contributed by atoms with Crippen LogP contribution in [0.1, 0.15) is 23.5 Å². The molecule has 2 N–H and O–H groups in total. The molecular formula is C28H26O9. The normalized spacial score (nSPS) is 11.7. The van der Waals surface area contributed by atoms with E-state index in [4.69, 9.17) is 23.4 Å². The quantitative estimate of drug-likeness (QED) is 0.330. The molecule has 0 saturated heterocycles. The van der Waals surface area contributed by atoms with Gasteiger partial charge in [0.1, 0.15) is 28.2 Å². The first-order chi connectivity index (χ1) is 17.8. The van der Waals surface area contributed by atoms with E-state index in [1.54, 1.807) is 36.4 Å². The second-order valence-electron chi connectivity index (χ2n) is 8.13. The van der Waals surface area contributed by atoms with E-state index in [-0.39, 0.29) is 46.0 Å². The lowest BCUT2D eigenvalue weighted by Gasteiger charge is -2.23. The van der Waals surface area contributed by atoms with Gasteiger partial charge >= 0.3 is 5.97 Å². The molecule has 9 heteroatoms. The summed E-state index contributed by atoms with van der Waals surface area (Å²) < 4.78 is 27.6. The highest BCUT2D eigenvalue weighted by Gasteiger charge is 2.32. The highest BCUT2D eigenvalue weighted by atomic mass is 16.5. The number of rotatable bonds is 8. The molecule has 0 aliphatic rings. The van der Waals surface area contributed by atoms with E-state index < -0.39 is 23.1 Å². The van der Waals surface area contributed by atoms with E-state index in [1.165, 1.54) is 34.5 Å². The SMILES string of the molecule is COC(=O)CC(c1ccc(OC)c(OC)c1OC)c1c(O)cc(O)c2c(=O)cc(-c3ccccc3)oc12. The van der Waals surface area contributed by atoms with Gasteiger partial charge in [0, 0.05) is 34.7 Å². The third-order valence-electron chi connectivity index (χ3n) is 6.11. The van der Waals surface area contributed by atoms with Crippen LogP contribution in [0.15, 0.2) is 63.8 Å². The van der Waals surface area contributed by atoms with Gasteiger partial charge in [-0.05, 0) is 6.07 Å². The smallest absolute Gasteiger partial charge is 0.306 e. The van der Waals surface area contributed by atoms with Gasteiger partial charge in [-0.3, -0.25) is 9.59 Å². The van der Waals surface area contributed by atoms with E-state index in [0.29, 0.717) is 16.9 Å². The fourth-order valence-electron chi connectivity index (χ4n) is 4.42. The van der Waals surface area contributed by atoms with Crippen LogP contribution in [0.4, 0.5) is 0 Å². The zero-order valence-corrected chi connectivity index (χ0v) is 20.7. The summed E-state index contributed by atoms with van der Waals surface area (Å²) >= 11 is 0. The van der Waals surface area contributed by atoms with Crippen molar-refractivity contribution in [2.45, 2.75) is 12.3 Å². The second kappa shape index (κ2) is 10.5. The van der Waals surface area contributed by atoms with Crippen molar-refractivity contribution in [3.05, 3.63) is 75.9 Å². The number of hydrogen-bond donors (Lipinski definition) is 2. The molecule has 192 valence electrons. The molecule has 9 nitrogen and oxygen atoms in total. The molecule has 4 rings (SSSR count). The van der Waals surface area contributed by atoms with Gasteiger partial charge in [0.25, 0.3) is 0 Å². The van der Waals surface area contributed by atoms with Crippen molar-refractivity contribution in [2.75, 3.05) is 28.4 Å². The molecule has 0 aliphatic carbocycles. The molecule has 0 amide bonds. The number of methoxy groups -OCH3 is 4. The van der Waals surface area contributed by atoms with Gasteiger partial charge in [-0.15, -0.1) is 0 Å². The number of aromatic hydroxyl groups is 2. The van der Waals surface area contributed by atoms with Crippen LogP contribution in [0.3, 0.4) is 0 Å². The Bertz CT molecular complexity index is 1510. The van der Waals surface area contributed by atoms with Gasteiger partial charge in [0.15, 0.2) is 16.9 Å². The minimum Gasteiger partial charge on any atom is -0.507 e. The summed E-state index contributed by atoms with van der Waals surface area (Å²) in [5.41, 5.74) is 0.548. The molecule has 0 fully saturated rings. The largest absolute Gasteiger partial charge is 0.507 e. The second-order valence-corrected chi connectivity index (χ2v) is 8.13. The van der Waals surface area contributed by atoms with Crippen LogP contribution in [0, 0.1) is 0 Å². The minimum atomic E-state index is -0.931. The lowest BCUT2D eigenvalue weighted by Crippen LogP contribution is -2.13. The predicted molar refractivity (Wildman–Crippen MR) is 136 cm³/mol. The van der Waals surface area contributed by atoms with Crippen LogP contribution in [-0.2, 0) is 9.53 Å². The van der Waals surface area contributed by atoms with Crippen LogP contribution in [0.2, 0.25) is 0 Å². The first kappa shape index (κ1) is 25.4. The maximum Gasteiger partial charge on any atom is 0.306 e. The molecule has 1 heterocycles. The lowest BCUT2D eigenvalue weighted by atomic mass is 9.85. The number of benzene rings is 3. The molecule has 1 aromatic heterocycles. The Kier molecular flexibility index (Phi) is 7.24. The summed E-state index contributed by atoms with van der Waals surface area (Å²) in [5, 5.41) is 21.5. The van der Waals surface area contributed by atoms with E-state index in [1.807, 2.05) is 6.07 Å². The third kappa shape index (κ3) is 4.63. The van der Waals surface area contributed by atoms with Crippen molar-refractivity contribution in [3.63, 3.8) is 0 Å². The van der Waals surface area contributed by atoms with E-state index >= 15 is 0 Å². The number of phenols is 2. The van der Waals surface area contributed by atoms with Crippen molar-refractivity contribution in [3.8, 4) is 40.1 Å². The van der Waals surface area contributed by atoms with Crippen molar-refractivity contribution in [2.24, 2.45) is 0 Å². The molecule has 1 atom stereocenters. The van der Waals surface area contributed by atoms with Crippen molar-refractivity contribution in [1.29, 1.82) is 0 Å². The first-order valence-electron chi connectivity index (χ1n) is 11.3. The predicted octanol–water partition coefficient (Wildman–Crippen LogP) is 4.59. The summed E-state index contributed by atoms with van der Waals surface area (Å²) in [4.78, 5) is 25.7. The molecule has 0 bridgehead atoms. The fraction of sp³-hybridized carbons (Fsp3) is 0.214. The van der Waals surface area contributed by atoms with Gasteiger partial charge in [0.2, 0.25) is 5.75 Å². The highest BCUT2D eigenvalue weighted by molar-refractivity contribution is 5.91. The molecule has 0 radical (unpaired) electrons. The minimum absolute atomic E-state index is 0.0744. The number of carbonyl (C=O) groups excluding carboxylic acids is 1. The van der Waals surface area contributed by atoms with Crippen LogP contribution >= 0.6 is 0 Å². The topological polar surface area (TPSA) is 125 Å². The number of esters is 1. The Balaban J connectivity index is 2.10. The van der Waals surface area contributed by atoms with Crippen LogP contribution < -0.4 is 19.6 Å². The monoisotopic (exact) mass is 506 g/mol. The molecule has 0 spiro atoms. The number of hydrogen-bond acceptors (Lipinski definition) is 9.